The second-order valence-electron chi connectivity index (χ2n) is 6.36. The van der Waals surface area contributed by atoms with Crippen LogP contribution in [0.25, 0.3) is 10.9 Å². The van der Waals surface area contributed by atoms with Gasteiger partial charge in [-0.25, -0.2) is 9.97 Å². The molecule has 3 rings (SSSR count). The third kappa shape index (κ3) is 5.93. The van der Waals surface area contributed by atoms with Gasteiger partial charge in [-0.05, 0) is 30.3 Å². The molecule has 0 aliphatic carbocycles. The molecule has 3 aromatic rings. The third-order valence-corrected chi connectivity index (χ3v) is 4.90. The molecule has 31 heavy (non-hydrogen) atoms. The average Bonchev–Trinajstić information content (AvgIpc) is 2.73. The Kier molecular flexibility index (Phi) is 7.43. The molecule has 0 fully saturated rings. The van der Waals surface area contributed by atoms with Gasteiger partial charge >= 0.3 is 0 Å². The van der Waals surface area contributed by atoms with E-state index in [1.165, 1.54) is 13.3 Å². The SMILES string of the molecule is C=CC(=O)Nc1cc2c(Nc3ccc(Br)cc3Cl)ncnc2cc1OCCNC(C)=O. The van der Waals surface area contributed by atoms with Crippen LogP contribution in [0, 0.1) is 0 Å². The molecule has 8 nitrogen and oxygen atoms in total. The lowest BCUT2D eigenvalue weighted by molar-refractivity contribution is -0.119. The van der Waals surface area contributed by atoms with Crippen LogP contribution < -0.4 is 20.7 Å². The standard InChI is InChI=1S/C21H19BrClN5O3/c1-3-20(30)27-18-9-14-17(10-19(18)31-7-6-24-12(2)29)25-11-26-21(14)28-16-5-4-13(22)8-15(16)23/h3-5,8-11H,1,6-7H2,2H3,(H,24,29)(H,27,30)(H,25,26,28). The fourth-order valence-corrected chi connectivity index (χ4v) is 3.41. The Morgan fingerprint density at radius 1 is 1.23 bits per heavy atom. The number of amides is 2. The number of aromatic nitrogens is 2. The van der Waals surface area contributed by atoms with E-state index in [4.69, 9.17) is 16.3 Å². The van der Waals surface area contributed by atoms with Crippen LogP contribution in [0.2, 0.25) is 5.02 Å². The van der Waals surface area contributed by atoms with Gasteiger partial charge in [0.15, 0.2) is 0 Å². The number of halogens is 2. The second-order valence-corrected chi connectivity index (χ2v) is 7.68. The van der Waals surface area contributed by atoms with Gasteiger partial charge in [0.2, 0.25) is 11.8 Å². The van der Waals surface area contributed by atoms with Crippen molar-refractivity contribution in [1.82, 2.24) is 15.3 Å². The Bertz CT molecular complexity index is 1160. The van der Waals surface area contributed by atoms with Gasteiger partial charge < -0.3 is 20.7 Å². The maximum atomic E-state index is 11.9. The summed E-state index contributed by atoms with van der Waals surface area (Å²) >= 11 is 9.69. The summed E-state index contributed by atoms with van der Waals surface area (Å²) in [7, 11) is 0. The molecule has 0 saturated carbocycles. The van der Waals surface area contributed by atoms with Crippen molar-refractivity contribution in [2.24, 2.45) is 0 Å². The summed E-state index contributed by atoms with van der Waals surface area (Å²) < 4.78 is 6.61. The number of carbonyl (C=O) groups excluding carboxylic acids is 2. The zero-order valence-corrected chi connectivity index (χ0v) is 18.9. The number of nitrogens with zero attached hydrogens (tertiary/aromatic N) is 2. The van der Waals surface area contributed by atoms with Gasteiger partial charge in [-0.3, -0.25) is 9.59 Å². The molecule has 3 N–H and O–H groups in total. The van der Waals surface area contributed by atoms with Crippen LogP contribution in [0.15, 0.2) is 53.8 Å². The first-order valence-corrected chi connectivity index (χ1v) is 10.4. The summed E-state index contributed by atoms with van der Waals surface area (Å²) in [6.07, 6.45) is 2.58. The molecule has 0 aliphatic heterocycles. The van der Waals surface area contributed by atoms with Gasteiger partial charge in [0.05, 0.1) is 28.5 Å². The van der Waals surface area contributed by atoms with Crippen LogP contribution in [-0.4, -0.2) is 34.9 Å². The van der Waals surface area contributed by atoms with Gasteiger partial charge in [-0.15, -0.1) is 0 Å². The molecule has 0 aliphatic rings. The largest absolute Gasteiger partial charge is 0.489 e. The molecule has 0 radical (unpaired) electrons. The van der Waals surface area contributed by atoms with Crippen molar-refractivity contribution in [3.8, 4) is 5.75 Å². The summed E-state index contributed by atoms with van der Waals surface area (Å²) in [6, 6.07) is 8.84. The molecule has 0 unspecified atom stereocenters. The first kappa shape index (κ1) is 22.5. The number of hydrogen-bond donors (Lipinski definition) is 3. The van der Waals surface area contributed by atoms with Gasteiger partial charge in [0.25, 0.3) is 0 Å². The lowest BCUT2D eigenvalue weighted by atomic mass is 10.1. The second kappa shape index (κ2) is 10.2. The quantitative estimate of drug-likeness (QED) is 0.310. The molecule has 160 valence electrons. The lowest BCUT2D eigenvalue weighted by Gasteiger charge is -2.15. The molecule has 0 atom stereocenters. The van der Waals surface area contributed by atoms with Gasteiger partial charge in [0.1, 0.15) is 24.5 Å². The topological polar surface area (TPSA) is 105 Å². The van der Waals surface area contributed by atoms with Crippen molar-refractivity contribution >= 4 is 67.4 Å². The zero-order chi connectivity index (χ0) is 22.4. The highest BCUT2D eigenvalue weighted by atomic mass is 79.9. The van der Waals surface area contributed by atoms with Crippen LogP contribution in [0.5, 0.6) is 5.75 Å². The third-order valence-electron chi connectivity index (χ3n) is 4.10. The van der Waals surface area contributed by atoms with Crippen LogP contribution >= 0.6 is 27.5 Å². The molecular formula is C21H19BrClN5O3. The highest BCUT2D eigenvalue weighted by Gasteiger charge is 2.14. The fourth-order valence-electron chi connectivity index (χ4n) is 2.69. The van der Waals surface area contributed by atoms with E-state index < -0.39 is 5.91 Å². The summed E-state index contributed by atoms with van der Waals surface area (Å²) in [5, 5.41) is 9.74. The van der Waals surface area contributed by atoms with E-state index in [9.17, 15) is 9.59 Å². The van der Waals surface area contributed by atoms with E-state index in [0.29, 0.717) is 45.4 Å². The number of hydrogen-bond acceptors (Lipinski definition) is 6. The summed E-state index contributed by atoms with van der Waals surface area (Å²) in [6.45, 7) is 5.44. The molecule has 2 aromatic carbocycles. The number of rotatable bonds is 8. The smallest absolute Gasteiger partial charge is 0.247 e. The van der Waals surface area contributed by atoms with E-state index >= 15 is 0 Å². The molecule has 0 bridgehead atoms. The molecule has 1 aromatic heterocycles. The van der Waals surface area contributed by atoms with Crippen molar-refractivity contribution in [3.63, 3.8) is 0 Å². The van der Waals surface area contributed by atoms with E-state index in [-0.39, 0.29) is 12.5 Å². The predicted molar refractivity (Wildman–Crippen MR) is 125 cm³/mol. The molecule has 10 heteroatoms. The lowest BCUT2D eigenvalue weighted by Crippen LogP contribution is -2.25. The first-order valence-electron chi connectivity index (χ1n) is 9.19. The van der Waals surface area contributed by atoms with E-state index in [0.717, 1.165) is 10.5 Å². The molecule has 0 saturated heterocycles. The highest BCUT2D eigenvalue weighted by molar-refractivity contribution is 9.10. The zero-order valence-electron chi connectivity index (χ0n) is 16.5. The Balaban J connectivity index is 1.97. The highest BCUT2D eigenvalue weighted by Crippen LogP contribution is 2.35. The van der Waals surface area contributed by atoms with Crippen molar-refractivity contribution in [2.45, 2.75) is 6.92 Å². The van der Waals surface area contributed by atoms with Crippen LogP contribution in [0.1, 0.15) is 6.92 Å². The van der Waals surface area contributed by atoms with E-state index in [1.807, 2.05) is 12.1 Å². The minimum atomic E-state index is -0.395. The minimum absolute atomic E-state index is 0.155. The van der Waals surface area contributed by atoms with E-state index in [1.54, 1.807) is 18.2 Å². The number of benzene rings is 2. The maximum Gasteiger partial charge on any atom is 0.247 e. The van der Waals surface area contributed by atoms with Gasteiger partial charge in [-0.1, -0.05) is 34.1 Å². The Morgan fingerprint density at radius 2 is 2.03 bits per heavy atom. The summed E-state index contributed by atoms with van der Waals surface area (Å²) in [4.78, 5) is 31.6. The number of fused-ring (bicyclic) bond motifs is 1. The molecular weight excluding hydrogens is 486 g/mol. The van der Waals surface area contributed by atoms with Crippen molar-refractivity contribution < 1.29 is 14.3 Å². The molecule has 0 spiro atoms. The van der Waals surface area contributed by atoms with E-state index in [2.05, 4.69) is 48.4 Å². The van der Waals surface area contributed by atoms with Crippen molar-refractivity contribution in [3.05, 3.63) is 58.8 Å². The monoisotopic (exact) mass is 503 g/mol. The summed E-state index contributed by atoms with van der Waals surface area (Å²) in [5.41, 5.74) is 1.68. The van der Waals surface area contributed by atoms with Crippen LogP contribution in [0.4, 0.5) is 17.2 Å². The summed E-state index contributed by atoms with van der Waals surface area (Å²) in [5.74, 6) is 0.359. The van der Waals surface area contributed by atoms with Crippen LogP contribution in [0.3, 0.4) is 0 Å². The average molecular weight is 505 g/mol. The molecule has 2 amide bonds. The Labute approximate surface area is 192 Å². The Morgan fingerprint density at radius 3 is 2.74 bits per heavy atom. The maximum absolute atomic E-state index is 11.9. The number of anilines is 3. The predicted octanol–water partition coefficient (Wildman–Crippen LogP) is 4.43. The van der Waals surface area contributed by atoms with Gasteiger partial charge in [0, 0.05) is 22.8 Å². The molecule has 1 heterocycles. The van der Waals surface area contributed by atoms with Crippen molar-refractivity contribution in [2.75, 3.05) is 23.8 Å². The Hall–Kier alpha value is -3.17. The van der Waals surface area contributed by atoms with Crippen LogP contribution in [-0.2, 0) is 9.59 Å². The normalized spacial score (nSPS) is 10.4. The minimum Gasteiger partial charge on any atom is -0.489 e. The van der Waals surface area contributed by atoms with Crippen molar-refractivity contribution in [1.29, 1.82) is 0 Å². The number of ether oxygens (including phenoxy) is 1. The van der Waals surface area contributed by atoms with Gasteiger partial charge in [-0.2, -0.15) is 0 Å². The number of carbonyl (C=O) groups is 2. The fraction of sp³-hybridized carbons (Fsp3) is 0.143. The first-order chi connectivity index (χ1) is 14.9. The number of nitrogens with one attached hydrogen (secondary N) is 3.